The lowest BCUT2D eigenvalue weighted by Crippen LogP contribution is -2.33. The Balaban J connectivity index is 1.84. The zero-order valence-corrected chi connectivity index (χ0v) is 14.7. The fourth-order valence-corrected chi connectivity index (χ4v) is 2.69. The number of ether oxygens (including phenoxy) is 1. The molecule has 1 N–H and O–H groups in total. The summed E-state index contributed by atoms with van der Waals surface area (Å²) in [6.07, 6.45) is -7.34. The monoisotopic (exact) mass is 414 g/mol. The van der Waals surface area contributed by atoms with Gasteiger partial charge in [-0.25, -0.2) is 4.39 Å². The van der Waals surface area contributed by atoms with Crippen LogP contribution in [0.4, 0.5) is 27.6 Å². The van der Waals surface area contributed by atoms with E-state index in [4.69, 9.17) is 12.2 Å². The average Bonchev–Trinajstić information content (AvgIpc) is 2.89. The van der Waals surface area contributed by atoms with Gasteiger partial charge in [0.25, 0.3) is 5.91 Å². The Morgan fingerprint density at radius 3 is 2.46 bits per heavy atom. The molecular weight excluding hydrogens is 403 g/mol. The van der Waals surface area contributed by atoms with Crippen LogP contribution < -0.4 is 15.0 Å². The third kappa shape index (κ3) is 4.11. The lowest BCUT2D eigenvalue weighted by molar-refractivity contribution is -0.253. The number of amides is 1. The number of carbonyl (C=O) groups is 1. The maximum Gasteiger partial charge on any atom is 0.461 e. The first-order valence-corrected chi connectivity index (χ1v) is 8.16. The number of hydrogen-bond donors (Lipinski definition) is 1. The van der Waals surface area contributed by atoms with Gasteiger partial charge in [-0.3, -0.25) is 9.69 Å². The van der Waals surface area contributed by atoms with Gasteiger partial charge >= 0.3 is 12.5 Å². The third-order valence-electron chi connectivity index (χ3n) is 3.64. The Morgan fingerprint density at radius 2 is 1.82 bits per heavy atom. The van der Waals surface area contributed by atoms with Crippen molar-refractivity contribution in [3.63, 3.8) is 0 Å². The van der Waals surface area contributed by atoms with Crippen LogP contribution in [0.15, 0.2) is 54.2 Å². The Hall–Kier alpha value is -3.01. The van der Waals surface area contributed by atoms with E-state index in [0.29, 0.717) is 5.69 Å². The van der Waals surface area contributed by atoms with Crippen LogP contribution in [0.5, 0.6) is 5.75 Å². The molecule has 4 nitrogen and oxygen atoms in total. The highest BCUT2D eigenvalue weighted by Crippen LogP contribution is 2.29. The van der Waals surface area contributed by atoms with Gasteiger partial charge < -0.3 is 10.1 Å². The highest BCUT2D eigenvalue weighted by molar-refractivity contribution is 7.80. The van der Waals surface area contributed by atoms with Crippen molar-refractivity contribution < 1.29 is 31.5 Å². The molecule has 1 amide bonds. The lowest BCUT2D eigenvalue weighted by Gasteiger charge is -2.16. The molecule has 1 heterocycles. The van der Waals surface area contributed by atoms with Crippen LogP contribution in [0.2, 0.25) is 0 Å². The summed E-state index contributed by atoms with van der Waals surface area (Å²) in [6, 6.07) is 9.97. The molecule has 2 aromatic carbocycles. The van der Waals surface area contributed by atoms with Crippen LogP contribution >= 0.6 is 12.2 Å². The highest BCUT2D eigenvalue weighted by Gasteiger charge is 2.44. The van der Waals surface area contributed by atoms with Crippen molar-refractivity contribution in [2.75, 3.05) is 4.90 Å². The zero-order valence-electron chi connectivity index (χ0n) is 13.8. The van der Waals surface area contributed by atoms with Gasteiger partial charge in [-0.1, -0.05) is 12.1 Å². The summed E-state index contributed by atoms with van der Waals surface area (Å²) < 4.78 is 67.7. The van der Waals surface area contributed by atoms with Gasteiger partial charge in [-0.05, 0) is 60.3 Å². The van der Waals surface area contributed by atoms with Crippen molar-refractivity contribution in [3.05, 3.63) is 65.6 Å². The third-order valence-corrected chi connectivity index (χ3v) is 3.92. The molecule has 0 spiro atoms. The maximum absolute atomic E-state index is 13.1. The molecule has 0 atom stereocenters. The molecule has 0 bridgehead atoms. The number of hydrogen-bond acceptors (Lipinski definition) is 3. The minimum Gasteiger partial charge on any atom is -0.428 e. The second-order valence-corrected chi connectivity index (χ2v) is 6.03. The largest absolute Gasteiger partial charge is 0.461 e. The molecule has 0 unspecified atom stereocenters. The summed E-state index contributed by atoms with van der Waals surface area (Å²) in [5.74, 6) is -1.54. The van der Waals surface area contributed by atoms with Gasteiger partial charge in [0.2, 0.25) is 0 Å². The summed E-state index contributed by atoms with van der Waals surface area (Å²) in [5.41, 5.74) is 0.593. The standard InChI is InChI=1S/C18H11F5N2O2S/c19-11-4-6-12(7-5-11)25-15(26)14(24-17(25)28)9-10-2-1-3-13(8-10)27-18(22,23)16(20)21/h1-9,16H,(H,24,28)/b14-9+. The van der Waals surface area contributed by atoms with Crippen molar-refractivity contribution in [1.82, 2.24) is 5.32 Å². The molecule has 1 aliphatic heterocycles. The first-order chi connectivity index (χ1) is 13.2. The second-order valence-electron chi connectivity index (χ2n) is 5.64. The van der Waals surface area contributed by atoms with E-state index in [2.05, 4.69) is 10.1 Å². The van der Waals surface area contributed by atoms with Crippen LogP contribution in [0.1, 0.15) is 5.56 Å². The second kappa shape index (κ2) is 7.55. The number of anilines is 1. The summed E-state index contributed by atoms with van der Waals surface area (Å²) in [7, 11) is 0. The maximum atomic E-state index is 13.1. The van der Waals surface area contributed by atoms with E-state index in [0.717, 1.165) is 29.2 Å². The Labute approximate surface area is 161 Å². The smallest absolute Gasteiger partial charge is 0.428 e. The normalized spacial score (nSPS) is 16.1. The Morgan fingerprint density at radius 1 is 1.14 bits per heavy atom. The number of carbonyl (C=O) groups excluding carboxylic acids is 1. The molecule has 1 aliphatic rings. The van der Waals surface area contributed by atoms with Crippen molar-refractivity contribution in [3.8, 4) is 5.75 Å². The molecule has 2 aromatic rings. The average molecular weight is 414 g/mol. The molecule has 0 saturated carbocycles. The molecule has 3 rings (SSSR count). The molecule has 28 heavy (non-hydrogen) atoms. The van der Waals surface area contributed by atoms with Crippen molar-refractivity contribution >= 4 is 35.0 Å². The highest BCUT2D eigenvalue weighted by atomic mass is 32.1. The van der Waals surface area contributed by atoms with E-state index in [1.165, 1.54) is 30.3 Å². The van der Waals surface area contributed by atoms with Crippen LogP contribution in [0.3, 0.4) is 0 Å². The molecule has 146 valence electrons. The minimum atomic E-state index is -4.64. The number of nitrogens with one attached hydrogen (secondary N) is 1. The number of halogens is 5. The minimum absolute atomic E-state index is 0.0205. The number of nitrogens with zero attached hydrogens (tertiary/aromatic N) is 1. The van der Waals surface area contributed by atoms with E-state index < -0.39 is 30.0 Å². The molecule has 10 heteroatoms. The summed E-state index contributed by atoms with van der Waals surface area (Å²) in [4.78, 5) is 13.7. The quantitative estimate of drug-likeness (QED) is 0.450. The number of benzene rings is 2. The number of alkyl halides is 4. The molecule has 1 fully saturated rings. The van der Waals surface area contributed by atoms with Crippen LogP contribution in [0.25, 0.3) is 6.08 Å². The van der Waals surface area contributed by atoms with Gasteiger partial charge in [0, 0.05) is 0 Å². The van der Waals surface area contributed by atoms with Crippen LogP contribution in [0, 0.1) is 5.82 Å². The Bertz CT molecular complexity index is 947. The van der Waals surface area contributed by atoms with Gasteiger partial charge in [0.05, 0.1) is 5.69 Å². The van der Waals surface area contributed by atoms with Crippen molar-refractivity contribution in [2.45, 2.75) is 12.5 Å². The first-order valence-electron chi connectivity index (χ1n) is 7.75. The van der Waals surface area contributed by atoms with Crippen LogP contribution in [-0.4, -0.2) is 23.6 Å². The molecule has 0 aromatic heterocycles. The van der Waals surface area contributed by atoms with Gasteiger partial charge in [-0.2, -0.15) is 17.6 Å². The van der Waals surface area contributed by atoms with Crippen molar-refractivity contribution in [1.29, 1.82) is 0 Å². The van der Waals surface area contributed by atoms with E-state index in [9.17, 15) is 26.7 Å². The predicted octanol–water partition coefficient (Wildman–Crippen LogP) is 4.32. The zero-order chi connectivity index (χ0) is 20.5. The summed E-state index contributed by atoms with van der Waals surface area (Å²) in [5, 5.41) is 2.71. The number of rotatable bonds is 5. The van der Waals surface area contributed by atoms with E-state index in [-0.39, 0.29) is 16.4 Å². The van der Waals surface area contributed by atoms with Gasteiger partial charge in [-0.15, -0.1) is 0 Å². The molecular formula is C18H11F5N2O2S. The summed E-state index contributed by atoms with van der Waals surface area (Å²) in [6.45, 7) is 0. The van der Waals surface area contributed by atoms with E-state index in [1.54, 1.807) is 0 Å². The van der Waals surface area contributed by atoms with Gasteiger partial charge in [0.1, 0.15) is 17.3 Å². The molecule has 0 aliphatic carbocycles. The van der Waals surface area contributed by atoms with E-state index in [1.807, 2.05) is 0 Å². The molecule has 0 radical (unpaired) electrons. The van der Waals surface area contributed by atoms with Crippen LogP contribution in [-0.2, 0) is 4.79 Å². The predicted molar refractivity (Wildman–Crippen MR) is 95.6 cm³/mol. The first kappa shape index (κ1) is 19.7. The lowest BCUT2D eigenvalue weighted by atomic mass is 10.1. The fourth-order valence-electron chi connectivity index (χ4n) is 2.40. The van der Waals surface area contributed by atoms with Gasteiger partial charge in [0.15, 0.2) is 5.11 Å². The van der Waals surface area contributed by atoms with Crippen molar-refractivity contribution in [2.24, 2.45) is 0 Å². The Kier molecular flexibility index (Phi) is 5.32. The molecule has 1 saturated heterocycles. The fraction of sp³-hybridized carbons (Fsp3) is 0.111. The topological polar surface area (TPSA) is 41.6 Å². The van der Waals surface area contributed by atoms with E-state index >= 15 is 0 Å². The summed E-state index contributed by atoms with van der Waals surface area (Å²) >= 11 is 5.10. The number of thiocarbonyl (C=S) groups is 1. The SMILES string of the molecule is O=C1/C(=C\c2cccc(OC(F)(F)C(F)F)c2)NC(=S)N1c1ccc(F)cc1.